The van der Waals surface area contributed by atoms with Crippen LogP contribution in [0.1, 0.15) is 38.8 Å². The van der Waals surface area contributed by atoms with Gasteiger partial charge in [-0.2, -0.15) is 0 Å². The molecule has 0 bridgehead atoms. The Labute approximate surface area is 139 Å². The standard InChI is InChI=1S/C20H35NSi/c1-17(16-21-11-13-22(5,6)14-12-21)15-18-7-9-19(10-8-18)20(2,3)4/h7-10,17H,11-16H2,1-6H3/t17-/m1/s1. The smallest absolute Gasteiger partial charge is 0.0498 e. The summed E-state index contributed by atoms with van der Waals surface area (Å²) < 4.78 is 0. The molecule has 0 aromatic heterocycles. The second-order valence-corrected chi connectivity index (χ2v) is 14.5. The zero-order valence-corrected chi connectivity index (χ0v) is 16.6. The van der Waals surface area contributed by atoms with Crippen LogP contribution in [0.5, 0.6) is 0 Å². The quantitative estimate of drug-likeness (QED) is 0.691. The van der Waals surface area contributed by atoms with Crippen molar-refractivity contribution in [1.29, 1.82) is 0 Å². The fourth-order valence-corrected chi connectivity index (χ4v) is 5.48. The largest absolute Gasteiger partial charge is 0.304 e. The van der Waals surface area contributed by atoms with Crippen LogP contribution in [-0.2, 0) is 11.8 Å². The number of benzene rings is 1. The summed E-state index contributed by atoms with van der Waals surface area (Å²) in [6, 6.07) is 12.3. The van der Waals surface area contributed by atoms with E-state index in [1.165, 1.54) is 49.3 Å². The lowest BCUT2D eigenvalue weighted by atomic mass is 9.86. The molecule has 1 saturated heterocycles. The molecule has 22 heavy (non-hydrogen) atoms. The highest BCUT2D eigenvalue weighted by atomic mass is 28.3. The van der Waals surface area contributed by atoms with Crippen LogP contribution in [0.3, 0.4) is 0 Å². The van der Waals surface area contributed by atoms with Crippen molar-refractivity contribution in [1.82, 2.24) is 4.90 Å². The van der Waals surface area contributed by atoms with Crippen LogP contribution in [0.25, 0.3) is 0 Å². The van der Waals surface area contributed by atoms with E-state index < -0.39 is 8.07 Å². The van der Waals surface area contributed by atoms with Crippen molar-refractivity contribution in [2.75, 3.05) is 19.6 Å². The van der Waals surface area contributed by atoms with E-state index >= 15 is 0 Å². The van der Waals surface area contributed by atoms with Gasteiger partial charge < -0.3 is 4.90 Å². The van der Waals surface area contributed by atoms with E-state index in [0.29, 0.717) is 0 Å². The van der Waals surface area contributed by atoms with Gasteiger partial charge in [0.15, 0.2) is 0 Å². The molecular weight excluding hydrogens is 282 g/mol. The molecule has 1 atom stereocenters. The van der Waals surface area contributed by atoms with E-state index in [2.05, 4.69) is 70.0 Å². The van der Waals surface area contributed by atoms with E-state index in [1.807, 2.05) is 0 Å². The van der Waals surface area contributed by atoms with Crippen LogP contribution in [-0.4, -0.2) is 32.6 Å². The molecule has 0 aliphatic carbocycles. The Morgan fingerprint density at radius 2 is 1.59 bits per heavy atom. The fraction of sp³-hybridized carbons (Fsp3) is 0.700. The number of rotatable bonds is 4. The maximum atomic E-state index is 2.70. The van der Waals surface area contributed by atoms with Crippen LogP contribution in [0, 0.1) is 5.92 Å². The Kier molecular flexibility index (Phi) is 5.55. The summed E-state index contributed by atoms with van der Waals surface area (Å²) in [4.78, 5) is 2.70. The molecule has 124 valence electrons. The van der Waals surface area contributed by atoms with Crippen LogP contribution in [0.2, 0.25) is 25.2 Å². The van der Waals surface area contributed by atoms with E-state index in [4.69, 9.17) is 0 Å². The molecule has 1 fully saturated rings. The molecule has 1 aromatic rings. The summed E-state index contributed by atoms with van der Waals surface area (Å²) in [6.07, 6.45) is 1.21. The Morgan fingerprint density at radius 3 is 2.09 bits per heavy atom. The average Bonchev–Trinajstić information content (AvgIpc) is 2.41. The normalized spacial score (nSPS) is 20.8. The summed E-state index contributed by atoms with van der Waals surface area (Å²) in [5, 5.41) is 0. The van der Waals surface area contributed by atoms with E-state index in [1.54, 1.807) is 0 Å². The summed E-state index contributed by atoms with van der Waals surface area (Å²) in [5.74, 6) is 0.753. The Balaban J connectivity index is 1.83. The lowest BCUT2D eigenvalue weighted by Gasteiger charge is -2.36. The maximum absolute atomic E-state index is 2.70. The highest BCUT2D eigenvalue weighted by Gasteiger charge is 2.27. The minimum absolute atomic E-state index is 0.259. The third kappa shape index (κ3) is 5.24. The van der Waals surface area contributed by atoms with Crippen molar-refractivity contribution in [3.8, 4) is 0 Å². The van der Waals surface area contributed by atoms with Gasteiger partial charge in [0, 0.05) is 14.6 Å². The molecule has 1 nitrogen and oxygen atoms in total. The third-order valence-corrected chi connectivity index (χ3v) is 8.34. The van der Waals surface area contributed by atoms with E-state index in [0.717, 1.165) is 5.92 Å². The lowest BCUT2D eigenvalue weighted by Crippen LogP contribution is -2.44. The SMILES string of the molecule is C[C@H](Cc1ccc(C(C)(C)C)cc1)CN1CC[Si](C)(C)CC1. The summed E-state index contributed by atoms with van der Waals surface area (Å²) in [6.45, 7) is 18.3. The summed E-state index contributed by atoms with van der Waals surface area (Å²) >= 11 is 0. The van der Waals surface area contributed by atoms with Crippen molar-refractivity contribution in [2.24, 2.45) is 5.92 Å². The van der Waals surface area contributed by atoms with Crippen molar-refractivity contribution < 1.29 is 0 Å². The summed E-state index contributed by atoms with van der Waals surface area (Å²) in [7, 11) is -0.823. The first kappa shape index (κ1) is 17.7. The second kappa shape index (κ2) is 6.88. The van der Waals surface area contributed by atoms with Crippen LogP contribution in [0.15, 0.2) is 24.3 Å². The minimum atomic E-state index is -0.823. The Bertz CT molecular complexity index is 459. The van der Waals surface area contributed by atoms with Gasteiger partial charge in [0.2, 0.25) is 0 Å². The zero-order valence-electron chi connectivity index (χ0n) is 15.6. The van der Waals surface area contributed by atoms with Crippen LogP contribution in [0.4, 0.5) is 0 Å². The summed E-state index contributed by atoms with van der Waals surface area (Å²) in [5.41, 5.74) is 3.19. The Morgan fingerprint density at radius 1 is 1.05 bits per heavy atom. The predicted octanol–water partition coefficient (Wildman–Crippen LogP) is 5.19. The van der Waals surface area contributed by atoms with Gasteiger partial charge >= 0.3 is 0 Å². The van der Waals surface area contributed by atoms with Gasteiger partial charge in [-0.1, -0.05) is 65.1 Å². The lowest BCUT2D eigenvalue weighted by molar-refractivity contribution is 0.249. The molecule has 0 N–H and O–H groups in total. The number of nitrogens with zero attached hydrogens (tertiary/aromatic N) is 1. The highest BCUT2D eigenvalue weighted by molar-refractivity contribution is 6.77. The molecule has 0 saturated carbocycles. The molecule has 2 heteroatoms. The first-order valence-electron chi connectivity index (χ1n) is 8.97. The topological polar surface area (TPSA) is 3.24 Å². The van der Waals surface area contributed by atoms with Crippen molar-refractivity contribution in [2.45, 2.75) is 64.7 Å². The minimum Gasteiger partial charge on any atom is -0.304 e. The van der Waals surface area contributed by atoms with Gasteiger partial charge in [0.25, 0.3) is 0 Å². The van der Waals surface area contributed by atoms with E-state index in [9.17, 15) is 0 Å². The molecular formula is C20H35NSi. The molecule has 2 rings (SSSR count). The predicted molar refractivity (Wildman–Crippen MR) is 102 cm³/mol. The van der Waals surface area contributed by atoms with Gasteiger partial charge in [-0.3, -0.25) is 0 Å². The van der Waals surface area contributed by atoms with E-state index in [-0.39, 0.29) is 5.41 Å². The molecule has 1 aliphatic heterocycles. The van der Waals surface area contributed by atoms with Gasteiger partial charge in [0.05, 0.1) is 0 Å². The molecule has 1 heterocycles. The van der Waals surface area contributed by atoms with Crippen molar-refractivity contribution >= 4 is 8.07 Å². The maximum Gasteiger partial charge on any atom is 0.0498 e. The molecule has 1 aromatic carbocycles. The Hall–Kier alpha value is -0.603. The molecule has 1 aliphatic rings. The van der Waals surface area contributed by atoms with Crippen LogP contribution < -0.4 is 0 Å². The van der Waals surface area contributed by atoms with Crippen molar-refractivity contribution in [3.63, 3.8) is 0 Å². The molecule has 0 spiro atoms. The molecule has 0 amide bonds. The van der Waals surface area contributed by atoms with Crippen molar-refractivity contribution in [3.05, 3.63) is 35.4 Å². The van der Waals surface area contributed by atoms with Gasteiger partial charge in [-0.25, -0.2) is 0 Å². The van der Waals surface area contributed by atoms with Crippen LogP contribution >= 0.6 is 0 Å². The average molecular weight is 318 g/mol. The van der Waals surface area contributed by atoms with Gasteiger partial charge in [0.1, 0.15) is 0 Å². The third-order valence-electron chi connectivity index (χ3n) is 5.18. The monoisotopic (exact) mass is 317 g/mol. The molecule has 0 radical (unpaired) electrons. The highest BCUT2D eigenvalue weighted by Crippen LogP contribution is 2.24. The van der Waals surface area contributed by atoms with Gasteiger partial charge in [-0.05, 0) is 54.1 Å². The number of hydrogen-bond donors (Lipinski definition) is 0. The first-order valence-corrected chi connectivity index (χ1v) is 12.4. The van der Waals surface area contributed by atoms with Gasteiger partial charge in [-0.15, -0.1) is 0 Å². The number of hydrogen-bond acceptors (Lipinski definition) is 1. The fourth-order valence-electron chi connectivity index (χ4n) is 3.39. The zero-order chi connectivity index (χ0) is 16.4. The second-order valence-electron chi connectivity index (χ2n) is 9.22. The molecule has 0 unspecified atom stereocenters. The first-order chi connectivity index (χ1) is 10.2.